The summed E-state index contributed by atoms with van der Waals surface area (Å²) >= 11 is 9.16. The highest BCUT2D eigenvalue weighted by atomic mass is 79.9. The fraction of sp³-hybridized carbons (Fsp3) is 0.273. The zero-order chi connectivity index (χ0) is 12.1. The Kier molecular flexibility index (Phi) is 4.78. The Hall–Kier alpha value is -1.05. The summed E-state index contributed by atoms with van der Waals surface area (Å²) in [6.45, 7) is 1.83. The highest BCUT2D eigenvalue weighted by Crippen LogP contribution is 2.20. The number of nitrogens with zero attached hydrogens (tertiary/aromatic N) is 1. The average molecular weight is 302 g/mol. The van der Waals surface area contributed by atoms with Gasteiger partial charge in [0.2, 0.25) is 0 Å². The summed E-state index contributed by atoms with van der Waals surface area (Å²) in [6.07, 6.45) is 0.563. The molecule has 1 aromatic carbocycles. The second-order valence-electron chi connectivity index (χ2n) is 3.19. The molecule has 3 nitrogen and oxygen atoms in total. The van der Waals surface area contributed by atoms with Crippen molar-refractivity contribution < 1.29 is 4.79 Å². The van der Waals surface area contributed by atoms with E-state index >= 15 is 0 Å². The molecule has 0 aliphatic heterocycles. The maximum Gasteiger partial charge on any atom is 0.253 e. The van der Waals surface area contributed by atoms with Crippen molar-refractivity contribution in [1.29, 1.82) is 5.26 Å². The molecule has 0 aliphatic rings. The van der Waals surface area contributed by atoms with E-state index in [0.29, 0.717) is 17.0 Å². The highest BCUT2D eigenvalue weighted by Gasteiger charge is 2.14. The Labute approximate surface area is 108 Å². The van der Waals surface area contributed by atoms with Gasteiger partial charge >= 0.3 is 0 Å². The highest BCUT2D eigenvalue weighted by molar-refractivity contribution is 9.10. The Bertz CT molecular complexity index is 442. The zero-order valence-corrected chi connectivity index (χ0v) is 11.0. The van der Waals surface area contributed by atoms with E-state index in [0.717, 1.165) is 4.47 Å². The number of amides is 1. The predicted molar refractivity (Wildman–Crippen MR) is 66.3 cm³/mol. The fourth-order valence-electron chi connectivity index (χ4n) is 1.13. The minimum atomic E-state index is -0.484. The molecule has 1 N–H and O–H groups in total. The third kappa shape index (κ3) is 3.22. The van der Waals surface area contributed by atoms with Gasteiger partial charge < -0.3 is 5.32 Å². The molecule has 16 heavy (non-hydrogen) atoms. The summed E-state index contributed by atoms with van der Waals surface area (Å²) in [7, 11) is 0. The van der Waals surface area contributed by atoms with Crippen LogP contribution < -0.4 is 5.32 Å². The molecular formula is C11H10BrClN2O. The van der Waals surface area contributed by atoms with Crippen LogP contribution in [-0.4, -0.2) is 11.9 Å². The fourth-order valence-corrected chi connectivity index (χ4v) is 1.70. The molecule has 1 atom stereocenters. The number of carbonyl (C=O) groups excluding carboxylic acids is 1. The van der Waals surface area contributed by atoms with Gasteiger partial charge in [-0.1, -0.05) is 34.5 Å². The molecule has 0 radical (unpaired) electrons. The van der Waals surface area contributed by atoms with Crippen LogP contribution in [0.2, 0.25) is 5.02 Å². The van der Waals surface area contributed by atoms with Gasteiger partial charge in [-0.15, -0.1) is 0 Å². The van der Waals surface area contributed by atoms with Crippen molar-refractivity contribution in [3.05, 3.63) is 33.3 Å². The van der Waals surface area contributed by atoms with Crippen molar-refractivity contribution in [2.75, 3.05) is 0 Å². The van der Waals surface area contributed by atoms with Crippen LogP contribution in [0.1, 0.15) is 23.7 Å². The quantitative estimate of drug-likeness (QED) is 0.932. The molecule has 5 heteroatoms. The van der Waals surface area contributed by atoms with E-state index in [1.807, 2.05) is 13.0 Å². The largest absolute Gasteiger partial charge is 0.336 e. The van der Waals surface area contributed by atoms with Crippen LogP contribution in [0.25, 0.3) is 0 Å². The first-order valence-corrected chi connectivity index (χ1v) is 5.91. The molecule has 84 valence electrons. The number of hydrogen-bond acceptors (Lipinski definition) is 2. The lowest BCUT2D eigenvalue weighted by Crippen LogP contribution is -2.33. The number of halogens is 2. The van der Waals surface area contributed by atoms with Gasteiger partial charge in [0, 0.05) is 4.47 Å². The van der Waals surface area contributed by atoms with Gasteiger partial charge in [0.1, 0.15) is 6.04 Å². The van der Waals surface area contributed by atoms with E-state index in [2.05, 4.69) is 21.2 Å². The minimum Gasteiger partial charge on any atom is -0.336 e. The van der Waals surface area contributed by atoms with Crippen LogP contribution >= 0.6 is 27.5 Å². The van der Waals surface area contributed by atoms with Crippen LogP contribution in [0.3, 0.4) is 0 Å². The standard InChI is InChI=1S/C11H10BrClN2O/c1-2-8(6-14)15-11(16)9-5-7(12)3-4-10(9)13/h3-5,8H,2H2,1H3,(H,15,16). The van der Waals surface area contributed by atoms with Gasteiger partial charge in [-0.2, -0.15) is 5.26 Å². The lowest BCUT2D eigenvalue weighted by Gasteiger charge is -2.10. The first kappa shape index (κ1) is 13.0. The summed E-state index contributed by atoms with van der Waals surface area (Å²) in [5.41, 5.74) is 0.366. The molecule has 0 aromatic heterocycles. The lowest BCUT2D eigenvalue weighted by atomic mass is 10.2. The molecule has 0 aliphatic carbocycles. The molecule has 1 unspecified atom stereocenters. The second kappa shape index (κ2) is 5.88. The van der Waals surface area contributed by atoms with Crippen molar-refractivity contribution in [1.82, 2.24) is 5.32 Å². The summed E-state index contributed by atoms with van der Waals surface area (Å²) in [5, 5.41) is 11.7. The van der Waals surface area contributed by atoms with Gasteiger partial charge in [-0.05, 0) is 24.6 Å². The second-order valence-corrected chi connectivity index (χ2v) is 4.51. The van der Waals surface area contributed by atoms with Gasteiger partial charge in [0.05, 0.1) is 16.7 Å². The van der Waals surface area contributed by atoms with E-state index in [9.17, 15) is 4.79 Å². The first-order valence-electron chi connectivity index (χ1n) is 4.74. The van der Waals surface area contributed by atoms with Crippen molar-refractivity contribution >= 4 is 33.4 Å². The predicted octanol–water partition coefficient (Wildman–Crippen LogP) is 3.13. The third-order valence-electron chi connectivity index (χ3n) is 2.04. The Balaban J connectivity index is 2.89. The molecule has 1 rings (SSSR count). The molecule has 1 amide bonds. The SMILES string of the molecule is CCC(C#N)NC(=O)c1cc(Br)ccc1Cl. The maximum atomic E-state index is 11.8. The minimum absolute atomic E-state index is 0.334. The number of carbonyl (C=O) groups is 1. The summed E-state index contributed by atoms with van der Waals surface area (Å²) < 4.78 is 0.770. The number of benzene rings is 1. The van der Waals surface area contributed by atoms with E-state index in [4.69, 9.17) is 16.9 Å². The van der Waals surface area contributed by atoms with Crippen molar-refractivity contribution in [3.8, 4) is 6.07 Å². The van der Waals surface area contributed by atoms with Crippen LogP contribution in [0.5, 0.6) is 0 Å². The Morgan fingerprint density at radius 1 is 1.69 bits per heavy atom. The molecule has 1 aromatic rings. The first-order chi connectivity index (χ1) is 7.58. The number of nitrogens with one attached hydrogen (secondary N) is 1. The van der Waals surface area contributed by atoms with Gasteiger partial charge in [-0.3, -0.25) is 4.79 Å². The monoisotopic (exact) mass is 300 g/mol. The molecule has 0 fully saturated rings. The molecular weight excluding hydrogens is 291 g/mol. The molecule has 0 spiro atoms. The maximum absolute atomic E-state index is 11.8. The summed E-state index contributed by atoms with van der Waals surface area (Å²) in [6, 6.07) is 6.53. The Morgan fingerprint density at radius 2 is 2.38 bits per heavy atom. The normalized spacial score (nSPS) is 11.6. The smallest absolute Gasteiger partial charge is 0.253 e. The Morgan fingerprint density at radius 3 is 2.94 bits per heavy atom. The van der Waals surface area contributed by atoms with Crippen molar-refractivity contribution in [3.63, 3.8) is 0 Å². The third-order valence-corrected chi connectivity index (χ3v) is 2.87. The van der Waals surface area contributed by atoms with Gasteiger partial charge in [-0.25, -0.2) is 0 Å². The molecule has 0 heterocycles. The van der Waals surface area contributed by atoms with Crippen molar-refractivity contribution in [2.24, 2.45) is 0 Å². The molecule has 0 saturated carbocycles. The van der Waals surface area contributed by atoms with Crippen LogP contribution in [-0.2, 0) is 0 Å². The van der Waals surface area contributed by atoms with Gasteiger partial charge in [0.15, 0.2) is 0 Å². The average Bonchev–Trinajstić information content (AvgIpc) is 2.28. The lowest BCUT2D eigenvalue weighted by molar-refractivity contribution is 0.0945. The van der Waals surface area contributed by atoms with Crippen LogP contribution in [0.15, 0.2) is 22.7 Å². The van der Waals surface area contributed by atoms with Crippen LogP contribution in [0.4, 0.5) is 0 Å². The number of nitriles is 1. The van der Waals surface area contributed by atoms with E-state index in [1.165, 1.54) is 0 Å². The van der Waals surface area contributed by atoms with E-state index < -0.39 is 6.04 Å². The molecule has 0 bridgehead atoms. The van der Waals surface area contributed by atoms with E-state index in [-0.39, 0.29) is 5.91 Å². The van der Waals surface area contributed by atoms with E-state index in [1.54, 1.807) is 18.2 Å². The summed E-state index contributed by atoms with van der Waals surface area (Å²) in [4.78, 5) is 11.8. The number of rotatable bonds is 3. The summed E-state index contributed by atoms with van der Waals surface area (Å²) in [5.74, 6) is -0.334. The topological polar surface area (TPSA) is 52.9 Å². The molecule has 0 saturated heterocycles. The van der Waals surface area contributed by atoms with Crippen LogP contribution in [0, 0.1) is 11.3 Å². The van der Waals surface area contributed by atoms with Crippen molar-refractivity contribution in [2.45, 2.75) is 19.4 Å². The van der Waals surface area contributed by atoms with Gasteiger partial charge in [0.25, 0.3) is 5.91 Å². The number of hydrogen-bond donors (Lipinski definition) is 1. The zero-order valence-electron chi connectivity index (χ0n) is 8.63.